The molecule has 0 aliphatic carbocycles. The largest absolute Gasteiger partial charge is 0.324 e. The molecule has 0 unspecified atom stereocenters. The molecule has 17 heavy (non-hydrogen) atoms. The molecule has 0 heterocycles. The predicted octanol–water partition coefficient (Wildman–Crippen LogP) is 2.96. The van der Waals surface area contributed by atoms with E-state index in [-0.39, 0.29) is 11.3 Å². The molecule has 3 N–H and O–H groups in total. The number of hydrogen-bond donors (Lipinski definition) is 2. The van der Waals surface area contributed by atoms with E-state index in [4.69, 9.17) is 17.3 Å². The van der Waals surface area contributed by atoms with Crippen LogP contribution in [-0.4, -0.2) is 11.9 Å². The number of nitrogens with one attached hydrogen (secondary N) is 1. The van der Waals surface area contributed by atoms with Crippen LogP contribution < -0.4 is 11.1 Å². The minimum Gasteiger partial charge on any atom is -0.324 e. The number of rotatable bonds is 2. The number of carbonyl (C=O) groups is 1. The molecule has 0 saturated heterocycles. The Hall–Kier alpha value is -1.06. The van der Waals surface area contributed by atoms with Crippen LogP contribution in [0.15, 0.2) is 18.2 Å². The Morgan fingerprint density at radius 3 is 2.47 bits per heavy atom. The maximum Gasteiger partial charge on any atom is 0.241 e. The fraction of sp³-hybridized carbons (Fsp3) is 0.462. The van der Waals surface area contributed by atoms with Crippen LogP contribution in [0.25, 0.3) is 0 Å². The van der Waals surface area contributed by atoms with Gasteiger partial charge in [0.25, 0.3) is 0 Å². The molecule has 1 amide bonds. The summed E-state index contributed by atoms with van der Waals surface area (Å²) in [5.74, 6) is -0.178. The molecule has 0 saturated carbocycles. The van der Waals surface area contributed by atoms with Crippen molar-refractivity contribution in [3.05, 3.63) is 28.8 Å². The average Bonchev–Trinajstić information content (AvgIpc) is 2.19. The van der Waals surface area contributed by atoms with Crippen molar-refractivity contribution in [1.29, 1.82) is 0 Å². The molecule has 3 nitrogen and oxygen atoms in total. The van der Waals surface area contributed by atoms with Gasteiger partial charge in [-0.05, 0) is 36.1 Å². The first kappa shape index (κ1) is 14.0. The Morgan fingerprint density at radius 2 is 2.00 bits per heavy atom. The van der Waals surface area contributed by atoms with E-state index in [2.05, 4.69) is 5.32 Å². The third-order valence-electron chi connectivity index (χ3n) is 2.66. The number of nitrogens with two attached hydrogens (primary N) is 1. The lowest BCUT2D eigenvalue weighted by Gasteiger charge is -2.26. The summed E-state index contributed by atoms with van der Waals surface area (Å²) in [6, 6.07) is 4.79. The highest BCUT2D eigenvalue weighted by Gasteiger charge is 2.27. The van der Waals surface area contributed by atoms with E-state index in [0.717, 1.165) is 11.3 Å². The van der Waals surface area contributed by atoms with Crippen molar-refractivity contribution in [3.8, 4) is 0 Å². The van der Waals surface area contributed by atoms with Gasteiger partial charge in [-0.15, -0.1) is 0 Å². The van der Waals surface area contributed by atoms with Crippen molar-refractivity contribution >= 4 is 23.2 Å². The van der Waals surface area contributed by atoms with Crippen LogP contribution in [-0.2, 0) is 4.79 Å². The van der Waals surface area contributed by atoms with Crippen molar-refractivity contribution in [2.24, 2.45) is 11.1 Å². The van der Waals surface area contributed by atoms with E-state index in [1.807, 2.05) is 27.7 Å². The number of hydrogen-bond acceptors (Lipinski definition) is 2. The first-order valence-corrected chi connectivity index (χ1v) is 5.92. The SMILES string of the molecule is Cc1cc(Cl)ccc1NC(=O)[C@@H](N)C(C)(C)C. The normalized spacial score (nSPS) is 13.3. The summed E-state index contributed by atoms with van der Waals surface area (Å²) in [6.45, 7) is 7.70. The molecular formula is C13H19ClN2O. The van der Waals surface area contributed by atoms with Crippen molar-refractivity contribution in [2.75, 3.05) is 5.32 Å². The maximum absolute atomic E-state index is 11.9. The van der Waals surface area contributed by atoms with Gasteiger partial charge in [0.1, 0.15) is 0 Å². The van der Waals surface area contributed by atoms with Gasteiger partial charge in [-0.1, -0.05) is 32.4 Å². The molecule has 4 heteroatoms. The molecular weight excluding hydrogens is 236 g/mol. The van der Waals surface area contributed by atoms with Crippen LogP contribution in [0, 0.1) is 12.3 Å². The monoisotopic (exact) mass is 254 g/mol. The van der Waals surface area contributed by atoms with Gasteiger partial charge in [-0.25, -0.2) is 0 Å². The second-order valence-electron chi connectivity index (χ2n) is 5.29. The van der Waals surface area contributed by atoms with Crippen LogP contribution in [0.4, 0.5) is 5.69 Å². The number of amides is 1. The number of aryl methyl sites for hydroxylation is 1. The molecule has 94 valence electrons. The smallest absolute Gasteiger partial charge is 0.241 e. The van der Waals surface area contributed by atoms with Gasteiger partial charge in [0.2, 0.25) is 5.91 Å². The second kappa shape index (κ2) is 5.07. The highest BCUT2D eigenvalue weighted by atomic mass is 35.5. The van der Waals surface area contributed by atoms with Gasteiger partial charge in [0, 0.05) is 10.7 Å². The zero-order chi connectivity index (χ0) is 13.2. The highest BCUT2D eigenvalue weighted by Crippen LogP contribution is 2.22. The molecule has 0 aliphatic heterocycles. The van der Waals surface area contributed by atoms with Crippen molar-refractivity contribution in [2.45, 2.75) is 33.7 Å². The van der Waals surface area contributed by atoms with E-state index >= 15 is 0 Å². The van der Waals surface area contributed by atoms with E-state index in [1.165, 1.54) is 0 Å². The van der Waals surface area contributed by atoms with E-state index in [1.54, 1.807) is 18.2 Å². The van der Waals surface area contributed by atoms with Gasteiger partial charge >= 0.3 is 0 Å². The highest BCUT2D eigenvalue weighted by molar-refractivity contribution is 6.30. The van der Waals surface area contributed by atoms with Gasteiger partial charge in [-0.2, -0.15) is 0 Å². The lowest BCUT2D eigenvalue weighted by molar-refractivity contribution is -0.119. The molecule has 1 aromatic rings. The second-order valence-corrected chi connectivity index (χ2v) is 5.73. The third-order valence-corrected chi connectivity index (χ3v) is 2.90. The predicted molar refractivity (Wildman–Crippen MR) is 72.2 cm³/mol. The Labute approximate surface area is 107 Å². The summed E-state index contributed by atoms with van der Waals surface area (Å²) in [6.07, 6.45) is 0. The summed E-state index contributed by atoms with van der Waals surface area (Å²) in [5, 5.41) is 3.47. The zero-order valence-corrected chi connectivity index (χ0v) is 11.4. The summed E-state index contributed by atoms with van der Waals surface area (Å²) in [7, 11) is 0. The van der Waals surface area contributed by atoms with Crippen molar-refractivity contribution < 1.29 is 4.79 Å². The van der Waals surface area contributed by atoms with E-state index < -0.39 is 6.04 Å². The Balaban J connectivity index is 2.82. The molecule has 0 fully saturated rings. The molecule has 1 aromatic carbocycles. The van der Waals surface area contributed by atoms with Crippen LogP contribution in [0.2, 0.25) is 5.02 Å². The average molecular weight is 255 g/mol. The number of halogens is 1. The van der Waals surface area contributed by atoms with Gasteiger partial charge < -0.3 is 11.1 Å². The van der Waals surface area contributed by atoms with Crippen LogP contribution in [0.1, 0.15) is 26.3 Å². The van der Waals surface area contributed by atoms with E-state index in [9.17, 15) is 4.79 Å². The van der Waals surface area contributed by atoms with Crippen LogP contribution in [0.3, 0.4) is 0 Å². The molecule has 0 bridgehead atoms. The van der Waals surface area contributed by atoms with Gasteiger partial charge in [0.05, 0.1) is 6.04 Å². The molecule has 1 atom stereocenters. The van der Waals surface area contributed by atoms with Gasteiger partial charge in [-0.3, -0.25) is 4.79 Å². The first-order chi connectivity index (χ1) is 7.71. The third kappa shape index (κ3) is 3.72. The molecule has 0 spiro atoms. The molecule has 0 aliphatic rings. The van der Waals surface area contributed by atoms with Crippen LogP contribution >= 0.6 is 11.6 Å². The molecule has 0 radical (unpaired) electrons. The minimum absolute atomic E-state index is 0.178. The topological polar surface area (TPSA) is 55.1 Å². The van der Waals surface area contributed by atoms with Crippen molar-refractivity contribution in [3.63, 3.8) is 0 Å². The summed E-state index contributed by atoms with van der Waals surface area (Å²) < 4.78 is 0. The summed E-state index contributed by atoms with van der Waals surface area (Å²) >= 11 is 5.85. The Morgan fingerprint density at radius 1 is 1.41 bits per heavy atom. The number of carbonyl (C=O) groups excluding carboxylic acids is 1. The van der Waals surface area contributed by atoms with E-state index in [0.29, 0.717) is 5.02 Å². The fourth-order valence-corrected chi connectivity index (χ4v) is 1.60. The maximum atomic E-state index is 11.9. The molecule has 0 aromatic heterocycles. The lowest BCUT2D eigenvalue weighted by Crippen LogP contribution is -2.45. The molecule has 1 rings (SSSR count). The summed E-state index contributed by atoms with van der Waals surface area (Å²) in [5.41, 5.74) is 7.30. The first-order valence-electron chi connectivity index (χ1n) is 5.54. The minimum atomic E-state index is -0.544. The quantitative estimate of drug-likeness (QED) is 0.853. The Bertz CT molecular complexity index is 424. The van der Waals surface area contributed by atoms with Gasteiger partial charge in [0.15, 0.2) is 0 Å². The number of anilines is 1. The Kier molecular flexibility index (Phi) is 4.17. The van der Waals surface area contributed by atoms with Crippen molar-refractivity contribution in [1.82, 2.24) is 0 Å². The fourth-order valence-electron chi connectivity index (χ4n) is 1.37. The lowest BCUT2D eigenvalue weighted by atomic mass is 9.87. The van der Waals surface area contributed by atoms with Crippen LogP contribution in [0.5, 0.6) is 0 Å². The number of benzene rings is 1. The zero-order valence-electron chi connectivity index (χ0n) is 10.7. The summed E-state index contributed by atoms with van der Waals surface area (Å²) in [4.78, 5) is 11.9. The standard InChI is InChI=1S/C13H19ClN2O/c1-8-7-9(14)5-6-10(8)16-12(17)11(15)13(2,3)4/h5-7,11H,15H2,1-4H3,(H,16,17)/t11-/m1/s1.